The van der Waals surface area contributed by atoms with Crippen LogP contribution in [0.2, 0.25) is 0 Å². The Bertz CT molecular complexity index is 970. The van der Waals surface area contributed by atoms with Crippen molar-refractivity contribution in [2.24, 2.45) is 0 Å². The molecular formula is C22H22N2O5. The van der Waals surface area contributed by atoms with Crippen LogP contribution in [0.4, 0.5) is 5.69 Å². The third kappa shape index (κ3) is 3.89. The molecule has 0 radical (unpaired) electrons. The molecule has 2 unspecified atom stereocenters. The van der Waals surface area contributed by atoms with Crippen LogP contribution in [-0.4, -0.2) is 38.6 Å². The van der Waals surface area contributed by atoms with Crippen molar-refractivity contribution in [3.63, 3.8) is 0 Å². The van der Waals surface area contributed by atoms with Crippen molar-refractivity contribution in [1.82, 2.24) is 5.32 Å². The number of hydrogen-bond acceptors (Lipinski definition) is 6. The van der Waals surface area contributed by atoms with Crippen molar-refractivity contribution in [3.8, 4) is 11.5 Å². The SMILES string of the molecule is COc1ccc(NC(=O)C2=C(NC3CC3c3ccccc3)OCC2=O)cc1OC. The van der Waals surface area contributed by atoms with Gasteiger partial charge in [-0.25, -0.2) is 0 Å². The van der Waals surface area contributed by atoms with Crippen molar-refractivity contribution < 1.29 is 23.8 Å². The molecule has 2 atom stereocenters. The normalized spacial score (nSPS) is 20.1. The number of carbonyl (C=O) groups is 2. The lowest BCUT2D eigenvalue weighted by molar-refractivity contribution is -0.120. The molecule has 2 N–H and O–H groups in total. The Morgan fingerprint density at radius 3 is 2.55 bits per heavy atom. The van der Waals surface area contributed by atoms with E-state index in [0.717, 1.165) is 6.42 Å². The van der Waals surface area contributed by atoms with E-state index in [1.807, 2.05) is 18.2 Å². The number of carbonyl (C=O) groups excluding carboxylic acids is 2. The molecule has 1 heterocycles. The second kappa shape index (κ2) is 7.87. The van der Waals surface area contributed by atoms with Gasteiger partial charge in [-0.15, -0.1) is 0 Å². The average Bonchev–Trinajstić information content (AvgIpc) is 3.42. The molecule has 150 valence electrons. The molecule has 29 heavy (non-hydrogen) atoms. The summed E-state index contributed by atoms with van der Waals surface area (Å²) in [5.41, 5.74) is 1.73. The molecule has 1 saturated carbocycles. The lowest BCUT2D eigenvalue weighted by Gasteiger charge is -2.11. The topological polar surface area (TPSA) is 85.9 Å². The summed E-state index contributed by atoms with van der Waals surface area (Å²) in [7, 11) is 3.05. The fourth-order valence-corrected chi connectivity index (χ4v) is 3.45. The number of ether oxygens (including phenoxy) is 3. The molecule has 0 saturated heterocycles. The second-order valence-corrected chi connectivity index (χ2v) is 6.94. The summed E-state index contributed by atoms with van der Waals surface area (Å²) >= 11 is 0. The summed E-state index contributed by atoms with van der Waals surface area (Å²) in [6.07, 6.45) is 0.926. The maximum Gasteiger partial charge on any atom is 0.264 e. The minimum Gasteiger partial charge on any atom is -0.493 e. The zero-order chi connectivity index (χ0) is 20.4. The highest BCUT2D eigenvalue weighted by Gasteiger charge is 2.41. The summed E-state index contributed by atoms with van der Waals surface area (Å²) in [6.45, 7) is -0.139. The quantitative estimate of drug-likeness (QED) is 0.702. The molecule has 2 aromatic rings. The molecule has 4 rings (SSSR count). The van der Waals surface area contributed by atoms with Gasteiger partial charge < -0.3 is 24.8 Å². The molecular weight excluding hydrogens is 372 g/mol. The van der Waals surface area contributed by atoms with E-state index in [1.165, 1.54) is 19.8 Å². The van der Waals surface area contributed by atoms with Gasteiger partial charge in [-0.05, 0) is 24.1 Å². The largest absolute Gasteiger partial charge is 0.493 e. The molecule has 1 fully saturated rings. The Hall–Kier alpha value is -3.48. The molecule has 0 bridgehead atoms. The van der Waals surface area contributed by atoms with Crippen LogP contribution in [-0.2, 0) is 14.3 Å². The highest BCUT2D eigenvalue weighted by atomic mass is 16.5. The summed E-state index contributed by atoms with van der Waals surface area (Å²) < 4.78 is 15.9. The van der Waals surface area contributed by atoms with Crippen LogP contribution >= 0.6 is 0 Å². The Balaban J connectivity index is 1.48. The number of amides is 1. The van der Waals surface area contributed by atoms with E-state index in [-0.39, 0.29) is 29.9 Å². The number of benzene rings is 2. The number of nitrogens with one attached hydrogen (secondary N) is 2. The molecule has 1 aliphatic carbocycles. The predicted octanol–water partition coefficient (Wildman–Crippen LogP) is 2.60. The van der Waals surface area contributed by atoms with E-state index in [2.05, 4.69) is 22.8 Å². The lowest BCUT2D eigenvalue weighted by Crippen LogP contribution is -2.24. The van der Waals surface area contributed by atoms with Crippen molar-refractivity contribution in [3.05, 3.63) is 65.6 Å². The Labute approximate surface area is 168 Å². The van der Waals surface area contributed by atoms with Gasteiger partial charge in [0, 0.05) is 23.7 Å². The van der Waals surface area contributed by atoms with Gasteiger partial charge in [-0.2, -0.15) is 0 Å². The third-order valence-electron chi connectivity index (χ3n) is 5.06. The van der Waals surface area contributed by atoms with Crippen LogP contribution < -0.4 is 20.1 Å². The number of Topliss-reactive ketones (excluding diaryl/α,β-unsaturated/α-hetero) is 1. The Kier molecular flexibility index (Phi) is 5.12. The molecule has 1 amide bonds. The van der Waals surface area contributed by atoms with Crippen LogP contribution in [0.15, 0.2) is 60.0 Å². The molecule has 0 spiro atoms. The Morgan fingerprint density at radius 2 is 1.83 bits per heavy atom. The highest BCUT2D eigenvalue weighted by molar-refractivity contribution is 6.25. The van der Waals surface area contributed by atoms with Gasteiger partial charge in [0.2, 0.25) is 11.7 Å². The summed E-state index contributed by atoms with van der Waals surface area (Å²) in [4.78, 5) is 25.0. The smallest absolute Gasteiger partial charge is 0.264 e. The van der Waals surface area contributed by atoms with Gasteiger partial charge in [0.1, 0.15) is 5.57 Å². The number of methoxy groups -OCH3 is 2. The zero-order valence-corrected chi connectivity index (χ0v) is 16.2. The average molecular weight is 394 g/mol. The molecule has 0 aromatic heterocycles. The first-order chi connectivity index (χ1) is 14.1. The van der Waals surface area contributed by atoms with E-state index in [0.29, 0.717) is 23.1 Å². The van der Waals surface area contributed by atoms with Crippen LogP contribution in [0.25, 0.3) is 0 Å². The number of ketones is 1. The van der Waals surface area contributed by atoms with E-state index in [4.69, 9.17) is 14.2 Å². The van der Waals surface area contributed by atoms with E-state index < -0.39 is 5.91 Å². The van der Waals surface area contributed by atoms with Crippen molar-refractivity contribution in [2.45, 2.75) is 18.4 Å². The monoisotopic (exact) mass is 394 g/mol. The molecule has 7 heteroatoms. The van der Waals surface area contributed by atoms with E-state index >= 15 is 0 Å². The standard InChI is InChI=1S/C22H22N2O5/c1-27-18-9-8-14(10-19(18)28-2)23-21(26)20-17(25)12-29-22(20)24-16-11-15(16)13-6-4-3-5-7-13/h3-10,15-16,24H,11-12H2,1-2H3,(H,23,26). The van der Waals surface area contributed by atoms with Crippen molar-refractivity contribution in [2.75, 3.05) is 26.1 Å². The lowest BCUT2D eigenvalue weighted by atomic mass is 10.1. The molecule has 2 aromatic carbocycles. The number of hydrogen-bond donors (Lipinski definition) is 2. The second-order valence-electron chi connectivity index (χ2n) is 6.94. The number of anilines is 1. The maximum absolute atomic E-state index is 12.8. The molecule has 1 aliphatic heterocycles. The first-order valence-corrected chi connectivity index (χ1v) is 9.36. The zero-order valence-electron chi connectivity index (χ0n) is 16.2. The van der Waals surface area contributed by atoms with Crippen LogP contribution in [0.1, 0.15) is 17.9 Å². The minimum absolute atomic E-state index is 0.0125. The van der Waals surface area contributed by atoms with Gasteiger partial charge in [-0.3, -0.25) is 9.59 Å². The van der Waals surface area contributed by atoms with Gasteiger partial charge in [0.25, 0.3) is 5.91 Å². The van der Waals surface area contributed by atoms with Gasteiger partial charge >= 0.3 is 0 Å². The number of rotatable bonds is 7. The van der Waals surface area contributed by atoms with Crippen LogP contribution in [0.3, 0.4) is 0 Å². The molecule has 2 aliphatic rings. The van der Waals surface area contributed by atoms with Crippen molar-refractivity contribution >= 4 is 17.4 Å². The van der Waals surface area contributed by atoms with Gasteiger partial charge in [0.05, 0.1) is 14.2 Å². The van der Waals surface area contributed by atoms with Crippen LogP contribution in [0, 0.1) is 0 Å². The first kappa shape index (κ1) is 18.9. The third-order valence-corrected chi connectivity index (χ3v) is 5.06. The predicted molar refractivity (Wildman–Crippen MR) is 107 cm³/mol. The Morgan fingerprint density at radius 1 is 1.07 bits per heavy atom. The highest BCUT2D eigenvalue weighted by Crippen LogP contribution is 2.41. The maximum atomic E-state index is 12.8. The summed E-state index contributed by atoms with van der Waals surface area (Å²) in [5, 5.41) is 5.95. The van der Waals surface area contributed by atoms with Gasteiger partial charge in [-0.1, -0.05) is 30.3 Å². The fraction of sp³-hybridized carbons (Fsp3) is 0.273. The minimum atomic E-state index is -0.515. The van der Waals surface area contributed by atoms with E-state index in [9.17, 15) is 9.59 Å². The van der Waals surface area contributed by atoms with Crippen LogP contribution in [0.5, 0.6) is 11.5 Å². The van der Waals surface area contributed by atoms with E-state index in [1.54, 1.807) is 18.2 Å². The first-order valence-electron chi connectivity index (χ1n) is 9.36. The molecule has 7 nitrogen and oxygen atoms in total. The van der Waals surface area contributed by atoms with Crippen molar-refractivity contribution in [1.29, 1.82) is 0 Å². The van der Waals surface area contributed by atoms with Gasteiger partial charge in [0.15, 0.2) is 18.1 Å². The summed E-state index contributed by atoms with van der Waals surface area (Å²) in [6, 6.07) is 15.3. The fourth-order valence-electron chi connectivity index (χ4n) is 3.45. The summed E-state index contributed by atoms with van der Waals surface area (Å²) in [5.74, 6) is 0.763.